The van der Waals surface area contributed by atoms with E-state index >= 15 is 0 Å². The Bertz CT molecular complexity index is 1390. The number of benzene rings is 1. The third-order valence-corrected chi connectivity index (χ3v) is 6.13. The monoisotopic (exact) mass is 451 g/mol. The molecule has 0 N–H and O–H groups in total. The lowest BCUT2D eigenvalue weighted by molar-refractivity contribution is -0.136. The lowest BCUT2D eigenvalue weighted by Crippen LogP contribution is -2.40. The summed E-state index contributed by atoms with van der Waals surface area (Å²) in [5.41, 5.74) is 1.90. The second kappa shape index (κ2) is 8.80. The molecule has 0 unspecified atom stereocenters. The van der Waals surface area contributed by atoms with Crippen LogP contribution >= 0.6 is 11.3 Å². The molecule has 0 spiro atoms. The zero-order valence-electron chi connectivity index (χ0n) is 18.0. The number of nitrogens with zero attached hydrogens (tertiary/aromatic N) is 3. The molecular weight excluding hydrogens is 430 g/mol. The quantitative estimate of drug-likeness (QED) is 0.550. The number of aromatic nitrogens is 2. The van der Waals surface area contributed by atoms with Gasteiger partial charge in [0.05, 0.1) is 37.1 Å². The van der Waals surface area contributed by atoms with Crippen LogP contribution in [0.1, 0.15) is 24.1 Å². The van der Waals surface area contributed by atoms with Crippen molar-refractivity contribution in [1.82, 2.24) is 9.55 Å². The topological polar surface area (TPSA) is 92.0 Å². The highest BCUT2D eigenvalue weighted by molar-refractivity contribution is 7.07. The number of esters is 1. The summed E-state index contributed by atoms with van der Waals surface area (Å²) in [4.78, 5) is 35.4. The van der Waals surface area contributed by atoms with E-state index < -0.39 is 12.0 Å². The summed E-state index contributed by atoms with van der Waals surface area (Å²) in [5, 5.41) is 0. The van der Waals surface area contributed by atoms with E-state index in [4.69, 9.17) is 14.2 Å². The van der Waals surface area contributed by atoms with E-state index in [1.54, 1.807) is 56.8 Å². The molecule has 3 heterocycles. The minimum atomic E-state index is -0.768. The van der Waals surface area contributed by atoms with Crippen molar-refractivity contribution in [3.8, 4) is 11.5 Å². The first-order chi connectivity index (χ1) is 15.5. The van der Waals surface area contributed by atoms with Crippen molar-refractivity contribution in [3.63, 3.8) is 0 Å². The van der Waals surface area contributed by atoms with Gasteiger partial charge in [0.25, 0.3) is 5.56 Å². The predicted molar refractivity (Wildman–Crippen MR) is 120 cm³/mol. The van der Waals surface area contributed by atoms with Crippen LogP contribution in [-0.4, -0.2) is 36.8 Å². The summed E-state index contributed by atoms with van der Waals surface area (Å²) in [6.45, 7) is 1.73. The van der Waals surface area contributed by atoms with Gasteiger partial charge in [-0.1, -0.05) is 17.4 Å². The normalized spacial score (nSPS) is 15.8. The maximum atomic E-state index is 13.5. The highest BCUT2D eigenvalue weighted by Gasteiger charge is 2.35. The van der Waals surface area contributed by atoms with Crippen molar-refractivity contribution in [1.29, 1.82) is 0 Å². The molecule has 0 bridgehead atoms. The summed E-state index contributed by atoms with van der Waals surface area (Å²) in [5.74, 6) is 0.512. The Morgan fingerprint density at radius 1 is 1.19 bits per heavy atom. The fourth-order valence-electron chi connectivity index (χ4n) is 3.64. The van der Waals surface area contributed by atoms with Crippen LogP contribution in [0, 0.1) is 0 Å². The van der Waals surface area contributed by atoms with Crippen molar-refractivity contribution in [2.75, 3.05) is 21.3 Å². The van der Waals surface area contributed by atoms with E-state index in [1.165, 1.54) is 30.1 Å². The molecule has 2 aromatic heterocycles. The molecule has 1 aliphatic heterocycles. The van der Waals surface area contributed by atoms with Crippen LogP contribution < -0.4 is 24.4 Å². The largest absolute Gasteiger partial charge is 0.497 e. The number of carbonyl (C=O) groups excluding carboxylic acids is 1. The molecule has 1 aliphatic rings. The summed E-state index contributed by atoms with van der Waals surface area (Å²) in [6, 6.07) is 8.14. The van der Waals surface area contributed by atoms with Crippen molar-refractivity contribution in [3.05, 3.63) is 84.8 Å². The van der Waals surface area contributed by atoms with Gasteiger partial charge in [0.2, 0.25) is 0 Å². The molecule has 8 nitrogen and oxygen atoms in total. The first-order valence-corrected chi connectivity index (χ1v) is 10.5. The number of thiazole rings is 1. The highest BCUT2D eigenvalue weighted by Crippen LogP contribution is 2.37. The SMILES string of the molecule is COC(=O)C1=C(C)N=c2s/c(=C\c3cccnc3)c(=O)n2[C@H]1c1ccc(OC)cc1OC. The Morgan fingerprint density at radius 3 is 2.66 bits per heavy atom. The van der Waals surface area contributed by atoms with Crippen LogP contribution in [0.4, 0.5) is 0 Å². The van der Waals surface area contributed by atoms with Gasteiger partial charge >= 0.3 is 5.97 Å². The number of hydrogen-bond donors (Lipinski definition) is 0. The number of fused-ring (bicyclic) bond motifs is 1. The van der Waals surface area contributed by atoms with Crippen molar-refractivity contribution >= 4 is 23.4 Å². The molecule has 9 heteroatoms. The Balaban J connectivity index is 2.01. The smallest absolute Gasteiger partial charge is 0.338 e. The minimum Gasteiger partial charge on any atom is -0.497 e. The predicted octanol–water partition coefficient (Wildman–Crippen LogP) is 1.82. The standard InChI is InChI=1S/C23H21N3O5S/c1-13-19(22(28)31-4)20(16-8-7-15(29-2)11-17(16)30-3)26-21(27)18(32-23(26)25-13)10-14-6-5-9-24-12-14/h5-12,20H,1-4H3/b18-10-/t20-/m0/s1. The van der Waals surface area contributed by atoms with E-state index in [0.717, 1.165) is 5.56 Å². The maximum Gasteiger partial charge on any atom is 0.338 e. The molecule has 4 rings (SSSR count). The number of rotatable bonds is 5. The molecule has 32 heavy (non-hydrogen) atoms. The second-order valence-corrected chi connectivity index (χ2v) is 7.98. The molecule has 0 saturated carbocycles. The molecule has 0 aliphatic carbocycles. The van der Waals surface area contributed by atoms with Gasteiger partial charge in [0.1, 0.15) is 17.5 Å². The van der Waals surface area contributed by atoms with Crippen molar-refractivity contribution < 1.29 is 19.0 Å². The van der Waals surface area contributed by atoms with E-state index in [-0.39, 0.29) is 11.1 Å². The number of hydrogen-bond acceptors (Lipinski definition) is 8. The van der Waals surface area contributed by atoms with Gasteiger partial charge in [-0.2, -0.15) is 0 Å². The van der Waals surface area contributed by atoms with Crippen molar-refractivity contribution in [2.45, 2.75) is 13.0 Å². The van der Waals surface area contributed by atoms with Crippen LogP contribution in [0.5, 0.6) is 11.5 Å². The molecule has 0 saturated heterocycles. The van der Waals surface area contributed by atoms with E-state index in [1.807, 2.05) is 6.07 Å². The van der Waals surface area contributed by atoms with Gasteiger partial charge < -0.3 is 14.2 Å². The maximum absolute atomic E-state index is 13.5. The summed E-state index contributed by atoms with van der Waals surface area (Å²) in [7, 11) is 4.39. The average molecular weight is 452 g/mol. The summed E-state index contributed by atoms with van der Waals surface area (Å²) in [6.07, 6.45) is 5.10. The van der Waals surface area contributed by atoms with Crippen LogP contribution in [0.15, 0.2) is 63.8 Å². The molecule has 0 amide bonds. The van der Waals surface area contributed by atoms with E-state index in [9.17, 15) is 9.59 Å². The number of allylic oxidation sites excluding steroid dienone is 1. The molecule has 3 aromatic rings. The van der Waals surface area contributed by atoms with Crippen LogP contribution in [-0.2, 0) is 9.53 Å². The van der Waals surface area contributed by atoms with Gasteiger partial charge in [-0.3, -0.25) is 14.3 Å². The van der Waals surface area contributed by atoms with Crippen LogP contribution in [0.25, 0.3) is 6.08 Å². The lowest BCUT2D eigenvalue weighted by atomic mass is 9.95. The molecule has 0 fully saturated rings. The number of ether oxygens (including phenoxy) is 3. The Labute approximate surface area is 187 Å². The Hall–Kier alpha value is -3.72. The molecule has 1 aromatic carbocycles. The fourth-order valence-corrected chi connectivity index (χ4v) is 4.69. The number of carbonyl (C=O) groups is 1. The Kier molecular flexibility index (Phi) is 5.91. The Morgan fingerprint density at radius 2 is 2.00 bits per heavy atom. The number of methoxy groups -OCH3 is 3. The van der Waals surface area contributed by atoms with Crippen molar-refractivity contribution in [2.24, 2.45) is 4.99 Å². The van der Waals surface area contributed by atoms with E-state index in [0.29, 0.717) is 32.1 Å². The van der Waals surface area contributed by atoms with Gasteiger partial charge in [-0.05, 0) is 36.8 Å². The highest BCUT2D eigenvalue weighted by atomic mass is 32.1. The second-order valence-electron chi connectivity index (χ2n) is 6.97. The minimum absolute atomic E-state index is 0.269. The van der Waals surface area contributed by atoms with Gasteiger partial charge in [0.15, 0.2) is 4.80 Å². The average Bonchev–Trinajstić information content (AvgIpc) is 3.12. The fraction of sp³-hybridized carbons (Fsp3) is 0.217. The lowest BCUT2D eigenvalue weighted by Gasteiger charge is -2.25. The first-order valence-electron chi connectivity index (χ1n) is 9.71. The summed E-state index contributed by atoms with van der Waals surface area (Å²) < 4.78 is 17.9. The molecule has 164 valence electrons. The molecule has 0 radical (unpaired) electrons. The van der Waals surface area contributed by atoms with Crippen LogP contribution in [0.2, 0.25) is 0 Å². The third kappa shape index (κ3) is 3.71. The number of pyridine rings is 1. The van der Waals surface area contributed by atoms with Gasteiger partial charge in [-0.15, -0.1) is 0 Å². The summed E-state index contributed by atoms with van der Waals surface area (Å²) >= 11 is 1.25. The molecular formula is C23H21N3O5S. The van der Waals surface area contributed by atoms with E-state index in [2.05, 4.69) is 9.98 Å². The first kappa shape index (κ1) is 21.5. The zero-order chi connectivity index (χ0) is 22.8. The van der Waals surface area contributed by atoms with Gasteiger partial charge in [0, 0.05) is 24.0 Å². The molecule has 1 atom stereocenters. The third-order valence-electron chi connectivity index (χ3n) is 5.14. The zero-order valence-corrected chi connectivity index (χ0v) is 18.8. The van der Waals surface area contributed by atoms with Crippen LogP contribution in [0.3, 0.4) is 0 Å². The van der Waals surface area contributed by atoms with Gasteiger partial charge in [-0.25, -0.2) is 9.79 Å².